The van der Waals surface area contributed by atoms with E-state index in [1.54, 1.807) is 12.1 Å². The van der Waals surface area contributed by atoms with E-state index in [0.717, 1.165) is 31.4 Å². The van der Waals surface area contributed by atoms with Gasteiger partial charge < -0.3 is 0 Å². The Morgan fingerprint density at radius 1 is 1.11 bits per heavy atom. The summed E-state index contributed by atoms with van der Waals surface area (Å²) in [5.41, 5.74) is -0.672. The van der Waals surface area contributed by atoms with Crippen LogP contribution in [0.1, 0.15) is 32.6 Å². The van der Waals surface area contributed by atoms with E-state index in [2.05, 4.69) is 6.92 Å². The number of allylic oxidation sites excluding steroid dienone is 4. The highest BCUT2D eigenvalue weighted by molar-refractivity contribution is 8.04. The van der Waals surface area contributed by atoms with Gasteiger partial charge in [0.2, 0.25) is 5.78 Å². The van der Waals surface area contributed by atoms with Gasteiger partial charge in [-0.05, 0) is 12.2 Å². The van der Waals surface area contributed by atoms with E-state index in [1.165, 1.54) is 17.8 Å². The average Bonchev–Trinajstić information content (AvgIpc) is 2.41. The number of carbonyl (C=O) groups excluding carboxylic acids is 2. The Morgan fingerprint density at radius 2 is 1.79 bits per heavy atom. The second-order valence-corrected chi connectivity index (χ2v) is 5.22. The van der Waals surface area contributed by atoms with Crippen molar-refractivity contribution in [3.63, 3.8) is 0 Å². The van der Waals surface area contributed by atoms with Crippen molar-refractivity contribution in [3.05, 3.63) is 22.1 Å². The molecule has 1 aliphatic rings. The van der Waals surface area contributed by atoms with Crippen LogP contribution in [0.15, 0.2) is 22.1 Å². The van der Waals surface area contributed by atoms with Crippen LogP contribution in [0.2, 0.25) is 0 Å². The Morgan fingerprint density at radius 3 is 2.37 bits per heavy atom. The van der Waals surface area contributed by atoms with Gasteiger partial charge in [-0.15, -0.1) is 11.8 Å². The predicted octanol–water partition coefficient (Wildman–Crippen LogP) is 2.68. The number of hydrogen-bond acceptors (Lipinski definition) is 5. The van der Waals surface area contributed by atoms with Crippen LogP contribution in [0.5, 0.6) is 0 Å². The first-order valence-electron chi connectivity index (χ1n) is 6.13. The van der Waals surface area contributed by atoms with Crippen molar-refractivity contribution in [1.82, 2.24) is 0 Å². The third-order valence-electron chi connectivity index (χ3n) is 2.69. The van der Waals surface area contributed by atoms with Crippen LogP contribution in [0.25, 0.3) is 0 Å². The predicted molar refractivity (Wildman–Crippen MR) is 72.9 cm³/mol. The highest BCUT2D eigenvalue weighted by Gasteiger charge is 2.28. The summed E-state index contributed by atoms with van der Waals surface area (Å²) in [7, 11) is 0. The molecule has 0 amide bonds. The van der Waals surface area contributed by atoms with Crippen LogP contribution in [0.4, 0.5) is 0 Å². The molecule has 4 nitrogen and oxygen atoms in total. The molecule has 0 atom stereocenters. The molecule has 1 aliphatic carbocycles. The topological polar surface area (TPSA) is 81.7 Å². The van der Waals surface area contributed by atoms with Gasteiger partial charge in [0.15, 0.2) is 5.78 Å². The zero-order valence-corrected chi connectivity index (χ0v) is 11.5. The van der Waals surface area contributed by atoms with Gasteiger partial charge in [0.1, 0.15) is 23.3 Å². The molecule has 0 aromatic rings. The summed E-state index contributed by atoms with van der Waals surface area (Å²) < 4.78 is 0. The normalized spacial score (nSPS) is 15.0. The summed E-state index contributed by atoms with van der Waals surface area (Å²) in [6.07, 6.45) is 5.51. The minimum absolute atomic E-state index is 0.275. The lowest BCUT2D eigenvalue weighted by Gasteiger charge is -2.10. The number of nitriles is 2. The van der Waals surface area contributed by atoms with Crippen LogP contribution in [-0.4, -0.2) is 17.3 Å². The summed E-state index contributed by atoms with van der Waals surface area (Å²) >= 11 is 1.29. The zero-order valence-electron chi connectivity index (χ0n) is 10.7. The van der Waals surface area contributed by atoms with Crippen LogP contribution in [-0.2, 0) is 9.59 Å². The number of thioether (sulfide) groups is 1. The standard InChI is InChI=1S/C14H14N2O2S/c1-2-3-4-5-6-19-13-7-12(17)10(8-15)11(9-16)14(13)18/h7H,2-6H2,1H3. The second-order valence-electron chi connectivity index (χ2n) is 4.08. The molecule has 0 fully saturated rings. The molecule has 0 aromatic carbocycles. The molecule has 0 heterocycles. The maximum atomic E-state index is 11.9. The van der Waals surface area contributed by atoms with Gasteiger partial charge in [-0.2, -0.15) is 10.5 Å². The first-order valence-corrected chi connectivity index (χ1v) is 7.12. The van der Waals surface area contributed by atoms with Crippen LogP contribution < -0.4 is 0 Å². The van der Waals surface area contributed by atoms with Crippen molar-refractivity contribution in [2.45, 2.75) is 32.6 Å². The Hall–Kier alpha value is -1.85. The molecule has 0 N–H and O–H groups in total. The quantitative estimate of drug-likeness (QED) is 0.549. The summed E-state index contributed by atoms with van der Waals surface area (Å²) in [5.74, 6) is -0.306. The molecule has 0 aromatic heterocycles. The molecule has 0 spiro atoms. The fraction of sp³-hybridized carbons (Fsp3) is 0.429. The Balaban J connectivity index is 2.69. The molecule has 98 valence electrons. The lowest BCUT2D eigenvalue weighted by atomic mass is 9.97. The summed E-state index contributed by atoms with van der Waals surface area (Å²) in [6, 6.07) is 3.28. The van der Waals surface area contributed by atoms with Gasteiger partial charge in [-0.1, -0.05) is 26.2 Å². The van der Waals surface area contributed by atoms with Gasteiger partial charge in [-0.25, -0.2) is 0 Å². The number of nitrogens with zero attached hydrogens (tertiary/aromatic N) is 2. The van der Waals surface area contributed by atoms with Gasteiger partial charge in [-0.3, -0.25) is 9.59 Å². The van der Waals surface area contributed by atoms with Crippen molar-refractivity contribution in [2.24, 2.45) is 0 Å². The molecule has 1 rings (SSSR count). The maximum absolute atomic E-state index is 11.9. The van der Waals surface area contributed by atoms with Crippen molar-refractivity contribution >= 4 is 23.3 Å². The molecule has 0 radical (unpaired) electrons. The summed E-state index contributed by atoms with van der Waals surface area (Å²) in [5, 5.41) is 17.6. The number of ketones is 2. The van der Waals surface area contributed by atoms with Gasteiger partial charge in [0.25, 0.3) is 0 Å². The highest BCUT2D eigenvalue weighted by atomic mass is 32.2. The Kier molecular flexibility index (Phi) is 6.05. The molecular weight excluding hydrogens is 260 g/mol. The SMILES string of the molecule is CCCCCCSC1=CC(=O)C(C#N)=C(C#N)C1=O. The monoisotopic (exact) mass is 274 g/mol. The fourth-order valence-electron chi connectivity index (χ4n) is 1.65. The first-order chi connectivity index (χ1) is 9.15. The number of unbranched alkanes of at least 4 members (excludes halogenated alkanes) is 3. The van der Waals surface area contributed by atoms with E-state index in [0.29, 0.717) is 0 Å². The Labute approximate surface area is 116 Å². The summed E-state index contributed by atoms with van der Waals surface area (Å²) in [6.45, 7) is 2.12. The minimum atomic E-state index is -0.547. The van der Waals surface area contributed by atoms with Gasteiger partial charge in [0, 0.05) is 6.08 Å². The van der Waals surface area contributed by atoms with E-state index < -0.39 is 11.6 Å². The van der Waals surface area contributed by atoms with E-state index in [9.17, 15) is 9.59 Å². The van der Waals surface area contributed by atoms with Gasteiger partial charge in [0.05, 0.1) is 4.91 Å². The number of carbonyl (C=O) groups is 2. The van der Waals surface area contributed by atoms with Crippen molar-refractivity contribution in [1.29, 1.82) is 10.5 Å². The van der Waals surface area contributed by atoms with Crippen LogP contribution in [0.3, 0.4) is 0 Å². The van der Waals surface area contributed by atoms with Crippen molar-refractivity contribution < 1.29 is 9.59 Å². The third kappa shape index (κ3) is 3.81. The smallest absolute Gasteiger partial charge is 0.211 e. The van der Waals surface area contributed by atoms with Crippen LogP contribution in [0, 0.1) is 22.7 Å². The van der Waals surface area contributed by atoms with Crippen molar-refractivity contribution in [3.8, 4) is 12.1 Å². The van der Waals surface area contributed by atoms with Crippen molar-refractivity contribution in [2.75, 3.05) is 5.75 Å². The summed E-state index contributed by atoms with van der Waals surface area (Å²) in [4.78, 5) is 23.8. The van der Waals surface area contributed by atoms with E-state index in [4.69, 9.17) is 10.5 Å². The third-order valence-corrected chi connectivity index (χ3v) is 3.80. The van der Waals surface area contributed by atoms with Gasteiger partial charge >= 0.3 is 0 Å². The zero-order chi connectivity index (χ0) is 14.3. The molecule has 0 aliphatic heterocycles. The lowest BCUT2D eigenvalue weighted by Crippen LogP contribution is -2.16. The average molecular weight is 274 g/mol. The molecule has 5 heteroatoms. The fourth-order valence-corrected chi connectivity index (χ4v) is 2.64. The molecular formula is C14H14N2O2S. The lowest BCUT2D eigenvalue weighted by molar-refractivity contribution is -0.114. The first kappa shape index (κ1) is 15.2. The largest absolute Gasteiger partial charge is 0.288 e. The molecule has 0 saturated carbocycles. The number of hydrogen-bond donors (Lipinski definition) is 0. The van der Waals surface area contributed by atoms with E-state index in [1.807, 2.05) is 0 Å². The molecule has 0 unspecified atom stereocenters. The molecule has 0 saturated heterocycles. The maximum Gasteiger partial charge on any atom is 0.211 e. The van der Waals surface area contributed by atoms with E-state index >= 15 is 0 Å². The molecule has 19 heavy (non-hydrogen) atoms. The van der Waals surface area contributed by atoms with E-state index in [-0.39, 0.29) is 16.1 Å². The Bertz CT molecular complexity index is 533. The highest BCUT2D eigenvalue weighted by Crippen LogP contribution is 2.27. The second kappa shape index (κ2) is 7.56. The minimum Gasteiger partial charge on any atom is -0.288 e. The number of rotatable bonds is 6. The van der Waals surface area contributed by atoms with Crippen LogP contribution >= 0.6 is 11.8 Å². The molecule has 0 bridgehead atoms. The number of Topliss-reactive ketones (excluding diaryl/α,β-unsaturated/α-hetero) is 1.